The van der Waals surface area contributed by atoms with Gasteiger partial charge in [-0.15, -0.1) is 0 Å². The molecule has 0 aliphatic heterocycles. The molecule has 10 radical (unpaired) electrons. The van der Waals surface area contributed by atoms with Crippen molar-refractivity contribution in [1.82, 2.24) is 0 Å². The molecule has 0 aromatic rings. The van der Waals surface area contributed by atoms with E-state index in [1.807, 2.05) is 64.2 Å². The van der Waals surface area contributed by atoms with Crippen molar-refractivity contribution in [1.29, 1.82) is 0 Å². The van der Waals surface area contributed by atoms with Gasteiger partial charge < -0.3 is 6.08 Å². The molecule has 0 bridgehead atoms. The monoisotopic (exact) mass is 312 g/mol. The van der Waals surface area contributed by atoms with Crippen LogP contribution in [0, 0.1) is 70.3 Å². The fraction of sp³-hybridized carbons (Fsp3) is 0.250. The zero-order valence-electron chi connectivity index (χ0n) is 11.4. The van der Waals surface area contributed by atoms with Crippen LogP contribution in [0.1, 0.15) is 26.7 Å². The van der Waals surface area contributed by atoms with Crippen LogP contribution in [0.5, 0.6) is 0 Å². The third-order valence-corrected chi connectivity index (χ3v) is 1.66. The topological polar surface area (TPSA) is 0 Å². The molecule has 0 spiro atoms. The molecule has 2 aliphatic carbocycles. The van der Waals surface area contributed by atoms with Crippen molar-refractivity contribution >= 4 is 9.69 Å². The third kappa shape index (κ3) is 21.9. The van der Waals surface area contributed by atoms with Crippen LogP contribution < -0.4 is 0 Å². The van der Waals surface area contributed by atoms with E-state index in [0.29, 0.717) is 0 Å². The van der Waals surface area contributed by atoms with E-state index in [1.54, 1.807) is 0 Å². The van der Waals surface area contributed by atoms with Gasteiger partial charge in [0, 0.05) is 0 Å². The maximum absolute atomic E-state index is 4.76. The third-order valence-electron chi connectivity index (χ3n) is 1.66. The second-order valence-corrected chi connectivity index (χ2v) is 3.09. The number of rotatable bonds is 2. The Hall–Kier alpha value is 0.653. The van der Waals surface area contributed by atoms with Crippen LogP contribution in [0.15, 0.2) is 6.08 Å². The molecular weight excluding hydrogens is 293 g/mol. The molecule has 18 heavy (non-hydrogen) atoms. The first-order chi connectivity index (χ1) is 8.91. The van der Waals surface area contributed by atoms with Crippen LogP contribution >= 0.6 is 9.69 Å². The first-order valence-corrected chi connectivity index (χ1v) is 9.96. The molecule has 2 rings (SSSR count). The summed E-state index contributed by atoms with van der Waals surface area (Å²) in [4.78, 5) is 0. The molecule has 2 aliphatic rings. The summed E-state index contributed by atoms with van der Waals surface area (Å²) in [6, 6.07) is 0. The first kappa shape index (κ1) is 21.0. The van der Waals surface area contributed by atoms with Crippen LogP contribution in [0.3, 0.4) is 0 Å². The van der Waals surface area contributed by atoms with Crippen LogP contribution in [0.2, 0.25) is 0 Å². The van der Waals surface area contributed by atoms with Gasteiger partial charge >= 0.3 is 27.0 Å². The molecule has 2 heteroatoms. The van der Waals surface area contributed by atoms with E-state index in [4.69, 9.17) is 9.69 Å². The van der Waals surface area contributed by atoms with Crippen LogP contribution in [-0.4, -0.2) is 0 Å². The molecule has 0 nitrogen and oxygen atoms in total. The Morgan fingerprint density at radius 1 is 0.778 bits per heavy atom. The van der Waals surface area contributed by atoms with Gasteiger partial charge in [-0.25, -0.2) is 0 Å². The van der Waals surface area contributed by atoms with Gasteiger partial charge in [0.25, 0.3) is 0 Å². The number of hydrogen-bond donors (Lipinski definition) is 0. The molecular formula is C16H21ClZn. The van der Waals surface area contributed by atoms with Crippen molar-refractivity contribution < 1.29 is 17.3 Å². The van der Waals surface area contributed by atoms with Gasteiger partial charge in [0.05, 0.1) is 0 Å². The second-order valence-electron chi connectivity index (χ2n) is 3.09. The summed E-state index contributed by atoms with van der Waals surface area (Å²) in [5, 5.41) is 0. The average Bonchev–Trinajstić information content (AvgIpc) is 3.15. The van der Waals surface area contributed by atoms with Crippen LogP contribution in [0.25, 0.3) is 0 Å². The average molecular weight is 314 g/mol. The molecule has 0 unspecified atom stereocenters. The zero-order chi connectivity index (χ0) is 13.9. The van der Waals surface area contributed by atoms with E-state index in [1.165, 1.54) is 0 Å². The molecule has 0 saturated heterocycles. The quantitative estimate of drug-likeness (QED) is 0.502. The molecule has 94 valence electrons. The second kappa shape index (κ2) is 22.8. The normalized spacial score (nSPS) is 17.2. The standard InChI is InChI=1S/C6H11.2C5H5.ClH.Zn/c1-3-5-6-4-2;2*1-2-4-5-3-1;;/h5H,3-4H2,1-2H3;2*1-5H;1H;/q-1;;;;+2/p-1. The SMILES string of the molecule is CC[C-]=CCC.[CH]1[CH][CH][CH][CH]1.[CH]1[CH][CH][CH][CH]1.[Cl][Zn+]. The van der Waals surface area contributed by atoms with E-state index in [0.717, 1.165) is 30.2 Å². The Kier molecular flexibility index (Phi) is 26.6. The van der Waals surface area contributed by atoms with Crippen molar-refractivity contribution in [3.63, 3.8) is 0 Å². The minimum absolute atomic E-state index is 0.847. The number of halogens is 1. The Morgan fingerprint density at radius 2 is 1.06 bits per heavy atom. The molecule has 0 amide bonds. The van der Waals surface area contributed by atoms with Gasteiger partial charge in [-0.1, -0.05) is 20.3 Å². The Morgan fingerprint density at radius 3 is 1.17 bits per heavy atom. The molecule has 0 N–H and O–H groups in total. The molecule has 2 saturated carbocycles. The maximum atomic E-state index is 4.76. The first-order valence-electron chi connectivity index (χ1n) is 6.07. The van der Waals surface area contributed by atoms with E-state index >= 15 is 0 Å². The van der Waals surface area contributed by atoms with Crippen molar-refractivity contribution in [3.8, 4) is 0 Å². The van der Waals surface area contributed by atoms with E-state index in [-0.39, 0.29) is 0 Å². The Balaban J connectivity index is 0. The van der Waals surface area contributed by atoms with E-state index in [9.17, 15) is 0 Å². The van der Waals surface area contributed by atoms with Gasteiger partial charge in [-0.2, -0.15) is 6.42 Å². The summed E-state index contributed by atoms with van der Waals surface area (Å²) >= 11 is 0.847. The van der Waals surface area contributed by atoms with Gasteiger partial charge in [0.1, 0.15) is 0 Å². The van der Waals surface area contributed by atoms with Crippen LogP contribution in [-0.2, 0) is 17.3 Å². The zero-order valence-corrected chi connectivity index (χ0v) is 15.1. The predicted molar refractivity (Wildman–Crippen MR) is 77.2 cm³/mol. The van der Waals surface area contributed by atoms with E-state index in [2.05, 4.69) is 26.0 Å². The number of allylic oxidation sites excluding steroid dienone is 2. The van der Waals surface area contributed by atoms with Crippen molar-refractivity contribution in [2.24, 2.45) is 0 Å². The van der Waals surface area contributed by atoms with Gasteiger partial charge in [-0.3, -0.25) is 6.08 Å². The van der Waals surface area contributed by atoms with Crippen molar-refractivity contribution in [3.05, 3.63) is 76.4 Å². The minimum atomic E-state index is 0.847. The summed E-state index contributed by atoms with van der Waals surface area (Å²) in [5.41, 5.74) is 0. The Bertz CT molecular complexity index is 107. The van der Waals surface area contributed by atoms with Gasteiger partial charge in [-0.05, 0) is 64.2 Å². The molecule has 0 heterocycles. The van der Waals surface area contributed by atoms with Gasteiger partial charge in [0.2, 0.25) is 0 Å². The summed E-state index contributed by atoms with van der Waals surface area (Å²) in [5.74, 6) is 0. The van der Waals surface area contributed by atoms with Crippen molar-refractivity contribution in [2.75, 3.05) is 0 Å². The summed E-state index contributed by atoms with van der Waals surface area (Å²) in [6.07, 6.45) is 27.3. The molecule has 0 aromatic heterocycles. The van der Waals surface area contributed by atoms with E-state index < -0.39 is 0 Å². The number of hydrogen-bond acceptors (Lipinski definition) is 0. The molecule has 0 atom stereocenters. The van der Waals surface area contributed by atoms with Crippen LogP contribution in [0.4, 0.5) is 0 Å². The van der Waals surface area contributed by atoms with Crippen molar-refractivity contribution in [2.45, 2.75) is 26.7 Å². The summed E-state index contributed by atoms with van der Waals surface area (Å²) in [6.45, 7) is 4.20. The fourth-order valence-electron chi connectivity index (χ4n) is 0.930. The summed E-state index contributed by atoms with van der Waals surface area (Å²) < 4.78 is 0. The summed E-state index contributed by atoms with van der Waals surface area (Å²) in [7, 11) is 4.76. The molecule has 2 fully saturated rings. The fourth-order valence-corrected chi connectivity index (χ4v) is 0.930. The van der Waals surface area contributed by atoms with Gasteiger partial charge in [0.15, 0.2) is 0 Å². The Labute approximate surface area is 130 Å². The molecule has 0 aromatic carbocycles. The predicted octanol–water partition coefficient (Wildman–Crippen LogP) is 4.90.